The van der Waals surface area contributed by atoms with Gasteiger partial charge in [0, 0.05) is 46.7 Å². The molecule has 1 aromatic carbocycles. The quantitative estimate of drug-likeness (QED) is 0.733. The minimum absolute atomic E-state index is 0.0890. The van der Waals surface area contributed by atoms with Crippen LogP contribution in [0.3, 0.4) is 0 Å². The number of hydrogen-bond donors (Lipinski definition) is 1. The van der Waals surface area contributed by atoms with E-state index in [1.54, 1.807) is 12.1 Å². The lowest BCUT2D eigenvalue weighted by atomic mass is 9.93. The third-order valence-corrected chi connectivity index (χ3v) is 7.11. The Labute approximate surface area is 160 Å². The number of H-pyrrole nitrogens is 1. The molecule has 1 aliphatic carbocycles. The predicted octanol–water partition coefficient (Wildman–Crippen LogP) is 4.52. The van der Waals surface area contributed by atoms with E-state index in [9.17, 15) is 4.39 Å². The first kappa shape index (κ1) is 16.2. The van der Waals surface area contributed by atoms with Gasteiger partial charge < -0.3 is 14.5 Å². The molecule has 3 aliphatic rings. The van der Waals surface area contributed by atoms with Gasteiger partial charge in [-0.25, -0.2) is 4.39 Å². The SMILES string of the molecule is Fc1ccc(Br)cc1[C@]12CC1c1c(CCN3CCCC3)[nH]c(=S)n1C2. The molecule has 0 bridgehead atoms. The second-order valence-electron chi connectivity index (χ2n) is 7.72. The number of likely N-dealkylation sites (tertiary alicyclic amines) is 1. The number of nitrogens with zero attached hydrogens (tertiary/aromatic N) is 2. The fraction of sp³-hybridized carbons (Fsp3) is 0.526. The number of aromatic nitrogens is 2. The highest BCUT2D eigenvalue weighted by Gasteiger charge is 2.63. The molecule has 2 aliphatic heterocycles. The Bertz CT molecular complexity index is 899. The largest absolute Gasteiger partial charge is 0.334 e. The second kappa shape index (κ2) is 5.76. The molecule has 2 aromatic rings. The van der Waals surface area contributed by atoms with Crippen molar-refractivity contribution < 1.29 is 4.39 Å². The normalized spacial score (nSPS) is 27.5. The number of benzene rings is 1. The van der Waals surface area contributed by atoms with Gasteiger partial charge in [0.1, 0.15) is 5.82 Å². The zero-order valence-electron chi connectivity index (χ0n) is 14.0. The lowest BCUT2D eigenvalue weighted by Crippen LogP contribution is -2.22. The highest BCUT2D eigenvalue weighted by molar-refractivity contribution is 9.10. The fourth-order valence-electron chi connectivity index (χ4n) is 4.94. The number of halogens is 2. The minimum Gasteiger partial charge on any atom is -0.334 e. The van der Waals surface area contributed by atoms with Gasteiger partial charge >= 0.3 is 0 Å². The van der Waals surface area contributed by atoms with Gasteiger partial charge in [0.25, 0.3) is 0 Å². The van der Waals surface area contributed by atoms with Crippen molar-refractivity contribution in [1.29, 1.82) is 0 Å². The Morgan fingerprint density at radius 1 is 1.32 bits per heavy atom. The standard InChI is InChI=1S/C19H21BrFN3S/c20-12-3-4-15(21)13(9-12)19-10-14(19)17-16(22-18(25)24(17)11-19)5-8-23-6-1-2-7-23/h3-4,9,14H,1-2,5-8,10-11H2,(H,22,25)/t14?,19-/m1/s1. The monoisotopic (exact) mass is 421 g/mol. The molecule has 5 rings (SSSR count). The van der Waals surface area contributed by atoms with Crippen LogP contribution in [0, 0.1) is 10.6 Å². The highest BCUT2D eigenvalue weighted by atomic mass is 79.9. The third-order valence-electron chi connectivity index (χ3n) is 6.29. The average Bonchev–Trinajstić information content (AvgIpc) is 2.96. The van der Waals surface area contributed by atoms with Crippen LogP contribution in [0.4, 0.5) is 4.39 Å². The maximum absolute atomic E-state index is 14.5. The van der Waals surface area contributed by atoms with Crippen LogP contribution in [0.15, 0.2) is 22.7 Å². The summed E-state index contributed by atoms with van der Waals surface area (Å²) >= 11 is 9.07. The molecule has 2 atom stereocenters. The molecule has 1 unspecified atom stereocenters. The summed E-state index contributed by atoms with van der Waals surface area (Å²) in [5.41, 5.74) is 3.37. The summed E-state index contributed by atoms with van der Waals surface area (Å²) < 4.78 is 18.5. The van der Waals surface area contributed by atoms with Crippen LogP contribution < -0.4 is 0 Å². The van der Waals surface area contributed by atoms with Crippen molar-refractivity contribution in [3.63, 3.8) is 0 Å². The summed E-state index contributed by atoms with van der Waals surface area (Å²) in [5, 5.41) is 0. The first-order valence-corrected chi connectivity index (χ1v) is 10.3. The first-order chi connectivity index (χ1) is 12.1. The second-order valence-corrected chi connectivity index (χ2v) is 9.02. The van der Waals surface area contributed by atoms with Crippen LogP contribution >= 0.6 is 28.1 Å². The molecule has 1 N–H and O–H groups in total. The summed E-state index contributed by atoms with van der Waals surface area (Å²) in [6.45, 7) is 4.33. The number of rotatable bonds is 4. The molecule has 1 saturated heterocycles. The van der Waals surface area contributed by atoms with Crippen molar-refractivity contribution in [3.05, 3.63) is 50.2 Å². The average molecular weight is 422 g/mol. The third kappa shape index (κ3) is 2.48. The molecule has 3 heterocycles. The van der Waals surface area contributed by atoms with Gasteiger partial charge in [0.15, 0.2) is 4.77 Å². The number of fused-ring (bicyclic) bond motifs is 3. The van der Waals surface area contributed by atoms with Crippen LogP contribution in [0.25, 0.3) is 0 Å². The zero-order chi connectivity index (χ0) is 17.2. The van der Waals surface area contributed by atoms with Gasteiger partial charge in [-0.15, -0.1) is 0 Å². The summed E-state index contributed by atoms with van der Waals surface area (Å²) in [6, 6.07) is 5.31. The topological polar surface area (TPSA) is 24.0 Å². The van der Waals surface area contributed by atoms with Crippen molar-refractivity contribution in [2.24, 2.45) is 0 Å². The van der Waals surface area contributed by atoms with Gasteiger partial charge in [0.2, 0.25) is 0 Å². The van der Waals surface area contributed by atoms with Crippen molar-refractivity contribution in [2.75, 3.05) is 19.6 Å². The predicted molar refractivity (Wildman–Crippen MR) is 102 cm³/mol. The van der Waals surface area contributed by atoms with E-state index in [4.69, 9.17) is 12.2 Å². The maximum Gasteiger partial charge on any atom is 0.177 e. The molecule has 1 aromatic heterocycles. The number of imidazole rings is 1. The van der Waals surface area contributed by atoms with Crippen molar-refractivity contribution in [3.8, 4) is 0 Å². The summed E-state index contributed by atoms with van der Waals surface area (Å²) in [4.78, 5) is 5.97. The van der Waals surface area contributed by atoms with E-state index in [1.165, 1.54) is 37.3 Å². The Hall–Kier alpha value is -0.980. The van der Waals surface area contributed by atoms with Crippen LogP contribution in [0.2, 0.25) is 0 Å². The molecule has 25 heavy (non-hydrogen) atoms. The fourth-order valence-corrected chi connectivity index (χ4v) is 5.58. The molecule has 2 fully saturated rings. The lowest BCUT2D eigenvalue weighted by Gasteiger charge is -2.14. The smallest absolute Gasteiger partial charge is 0.177 e. The van der Waals surface area contributed by atoms with Crippen LogP contribution in [0.5, 0.6) is 0 Å². The van der Waals surface area contributed by atoms with Crippen LogP contribution in [-0.2, 0) is 18.4 Å². The van der Waals surface area contributed by atoms with Gasteiger partial charge in [-0.1, -0.05) is 15.9 Å². The van der Waals surface area contributed by atoms with Crippen molar-refractivity contribution in [1.82, 2.24) is 14.5 Å². The van der Waals surface area contributed by atoms with E-state index in [2.05, 4.69) is 30.4 Å². The van der Waals surface area contributed by atoms with Gasteiger partial charge in [-0.05, 0) is 68.3 Å². The van der Waals surface area contributed by atoms with Gasteiger partial charge in [-0.3, -0.25) is 0 Å². The summed E-state index contributed by atoms with van der Waals surface area (Å²) in [7, 11) is 0. The molecule has 3 nitrogen and oxygen atoms in total. The number of aromatic amines is 1. The minimum atomic E-state index is -0.0926. The van der Waals surface area contributed by atoms with E-state index in [-0.39, 0.29) is 11.2 Å². The Kier molecular flexibility index (Phi) is 3.74. The zero-order valence-corrected chi connectivity index (χ0v) is 16.4. The van der Waals surface area contributed by atoms with Crippen molar-refractivity contribution >= 4 is 28.1 Å². The van der Waals surface area contributed by atoms with Gasteiger partial charge in [-0.2, -0.15) is 0 Å². The molecule has 0 amide bonds. The van der Waals surface area contributed by atoms with Gasteiger partial charge in [0.05, 0.1) is 0 Å². The Morgan fingerprint density at radius 3 is 2.92 bits per heavy atom. The molecule has 0 spiro atoms. The van der Waals surface area contributed by atoms with E-state index in [0.29, 0.717) is 5.92 Å². The Morgan fingerprint density at radius 2 is 2.12 bits per heavy atom. The Balaban J connectivity index is 1.45. The summed E-state index contributed by atoms with van der Waals surface area (Å²) in [5.74, 6) is 0.308. The number of nitrogens with one attached hydrogen (secondary N) is 1. The summed E-state index contributed by atoms with van der Waals surface area (Å²) in [6.07, 6.45) is 4.68. The van der Waals surface area contributed by atoms with E-state index < -0.39 is 0 Å². The maximum atomic E-state index is 14.5. The molecule has 6 heteroatoms. The van der Waals surface area contributed by atoms with E-state index in [1.807, 2.05) is 6.07 Å². The number of hydrogen-bond acceptors (Lipinski definition) is 2. The first-order valence-electron chi connectivity index (χ1n) is 9.08. The lowest BCUT2D eigenvalue weighted by molar-refractivity contribution is 0.342. The van der Waals surface area contributed by atoms with Crippen LogP contribution in [0.1, 0.15) is 42.1 Å². The molecular formula is C19H21BrFN3S. The highest BCUT2D eigenvalue weighted by Crippen LogP contribution is 2.66. The van der Waals surface area contributed by atoms with Crippen LogP contribution in [-0.4, -0.2) is 34.1 Å². The molecular weight excluding hydrogens is 401 g/mol. The van der Waals surface area contributed by atoms with Crippen molar-refractivity contribution in [2.45, 2.75) is 43.6 Å². The molecule has 1 saturated carbocycles. The molecule has 132 valence electrons. The van der Waals surface area contributed by atoms with E-state index >= 15 is 0 Å². The molecule has 0 radical (unpaired) electrons. The van der Waals surface area contributed by atoms with E-state index in [0.717, 1.165) is 40.7 Å².